The highest BCUT2D eigenvalue weighted by molar-refractivity contribution is 6.04. The highest BCUT2D eigenvalue weighted by Gasteiger charge is 2.11. The Hall–Kier alpha value is -2.83. The third kappa shape index (κ3) is 2.89. The molecule has 19 heavy (non-hydrogen) atoms. The van der Waals surface area contributed by atoms with Crippen molar-refractivity contribution in [3.8, 4) is 0 Å². The van der Waals surface area contributed by atoms with Gasteiger partial charge in [-0.25, -0.2) is 14.2 Å². The van der Waals surface area contributed by atoms with Gasteiger partial charge in [-0.05, 0) is 18.2 Å². The summed E-state index contributed by atoms with van der Waals surface area (Å²) in [4.78, 5) is 29.5. The van der Waals surface area contributed by atoms with Crippen LogP contribution in [-0.4, -0.2) is 27.0 Å². The maximum atomic E-state index is 13.3. The molecule has 0 aromatic carbocycles. The van der Waals surface area contributed by atoms with Crippen LogP contribution in [-0.2, 0) is 0 Å². The van der Waals surface area contributed by atoms with Crippen LogP contribution in [0.4, 0.5) is 10.1 Å². The van der Waals surface area contributed by atoms with Crippen LogP contribution in [0, 0.1) is 5.82 Å². The van der Waals surface area contributed by atoms with Crippen molar-refractivity contribution in [1.29, 1.82) is 0 Å². The number of anilines is 1. The van der Waals surface area contributed by atoms with Crippen LogP contribution >= 0.6 is 0 Å². The molecule has 96 valence electrons. The first-order valence-electron chi connectivity index (χ1n) is 5.18. The van der Waals surface area contributed by atoms with Gasteiger partial charge in [0.05, 0.1) is 17.4 Å². The van der Waals surface area contributed by atoms with Gasteiger partial charge in [0.15, 0.2) is 5.82 Å². The Kier molecular flexibility index (Phi) is 3.46. The Labute approximate surface area is 106 Å². The van der Waals surface area contributed by atoms with Gasteiger partial charge in [0.25, 0.3) is 5.91 Å². The number of halogens is 1. The Morgan fingerprint density at radius 1 is 1.21 bits per heavy atom. The first kappa shape index (κ1) is 12.6. The fourth-order valence-corrected chi connectivity index (χ4v) is 1.33. The number of carboxylic acids is 1. The summed E-state index contributed by atoms with van der Waals surface area (Å²) in [6.07, 6.45) is 3.42. The summed E-state index contributed by atoms with van der Waals surface area (Å²) in [6.45, 7) is 0. The standard InChI is InChI=1S/C12H8FN3O3/c13-8-6-14-4-3-9(8)16-11(17)7-1-2-10(12(18)19)15-5-7/h1-6H,(H,18,19)(H,14,16,17). The largest absolute Gasteiger partial charge is 0.477 e. The molecule has 0 aliphatic carbocycles. The summed E-state index contributed by atoms with van der Waals surface area (Å²) in [7, 11) is 0. The molecule has 0 saturated carbocycles. The number of hydrogen-bond donors (Lipinski definition) is 2. The summed E-state index contributed by atoms with van der Waals surface area (Å²) in [6, 6.07) is 3.80. The summed E-state index contributed by atoms with van der Waals surface area (Å²) < 4.78 is 13.3. The number of aromatic nitrogens is 2. The number of carbonyl (C=O) groups excluding carboxylic acids is 1. The van der Waals surface area contributed by atoms with E-state index in [1.54, 1.807) is 0 Å². The molecule has 1 amide bonds. The Morgan fingerprint density at radius 2 is 2.00 bits per heavy atom. The molecule has 0 bridgehead atoms. The van der Waals surface area contributed by atoms with E-state index in [2.05, 4.69) is 15.3 Å². The lowest BCUT2D eigenvalue weighted by atomic mass is 10.2. The van der Waals surface area contributed by atoms with Gasteiger partial charge in [-0.3, -0.25) is 9.78 Å². The molecular formula is C12H8FN3O3. The van der Waals surface area contributed by atoms with Crippen LogP contribution in [0.1, 0.15) is 20.8 Å². The molecule has 2 aromatic rings. The number of pyridine rings is 2. The van der Waals surface area contributed by atoms with Crippen molar-refractivity contribution >= 4 is 17.6 Å². The lowest BCUT2D eigenvalue weighted by Crippen LogP contribution is -2.14. The van der Waals surface area contributed by atoms with Crippen molar-refractivity contribution in [3.05, 3.63) is 53.9 Å². The van der Waals surface area contributed by atoms with Gasteiger partial charge >= 0.3 is 5.97 Å². The van der Waals surface area contributed by atoms with Crippen LogP contribution in [0.15, 0.2) is 36.8 Å². The molecule has 0 fully saturated rings. The lowest BCUT2D eigenvalue weighted by Gasteiger charge is -2.05. The SMILES string of the molecule is O=C(Nc1ccncc1F)c1ccc(C(=O)O)nc1. The fraction of sp³-hybridized carbons (Fsp3) is 0. The number of hydrogen-bond acceptors (Lipinski definition) is 4. The molecule has 2 rings (SSSR count). The number of carboxylic acid groups (broad SMARTS) is 1. The summed E-state index contributed by atoms with van der Waals surface area (Å²) in [5.41, 5.74) is -0.0600. The molecule has 7 heteroatoms. The maximum Gasteiger partial charge on any atom is 0.354 e. The molecule has 0 aliphatic heterocycles. The summed E-state index contributed by atoms with van der Waals surface area (Å²) in [5.74, 6) is -2.44. The second-order valence-corrected chi connectivity index (χ2v) is 3.55. The van der Waals surface area contributed by atoms with Crippen molar-refractivity contribution in [1.82, 2.24) is 9.97 Å². The molecule has 2 aromatic heterocycles. The van der Waals surface area contributed by atoms with Crippen LogP contribution < -0.4 is 5.32 Å². The average Bonchev–Trinajstić information content (AvgIpc) is 2.41. The van der Waals surface area contributed by atoms with E-state index >= 15 is 0 Å². The maximum absolute atomic E-state index is 13.3. The second-order valence-electron chi connectivity index (χ2n) is 3.55. The zero-order valence-electron chi connectivity index (χ0n) is 9.50. The Balaban J connectivity index is 2.16. The van der Waals surface area contributed by atoms with E-state index in [1.165, 1.54) is 24.4 Å². The smallest absolute Gasteiger partial charge is 0.354 e. The Morgan fingerprint density at radius 3 is 2.58 bits per heavy atom. The molecule has 0 spiro atoms. The van der Waals surface area contributed by atoms with E-state index in [0.29, 0.717) is 0 Å². The number of carbonyl (C=O) groups is 2. The van der Waals surface area contributed by atoms with Crippen molar-refractivity contribution in [3.63, 3.8) is 0 Å². The van der Waals surface area contributed by atoms with Gasteiger partial charge < -0.3 is 10.4 Å². The zero-order chi connectivity index (χ0) is 13.8. The lowest BCUT2D eigenvalue weighted by molar-refractivity contribution is 0.0690. The van der Waals surface area contributed by atoms with Crippen molar-refractivity contribution in [2.75, 3.05) is 5.32 Å². The predicted octanol–water partition coefficient (Wildman–Crippen LogP) is 1.57. The van der Waals surface area contributed by atoms with Gasteiger partial charge in [-0.15, -0.1) is 0 Å². The monoisotopic (exact) mass is 261 g/mol. The van der Waals surface area contributed by atoms with Gasteiger partial charge in [-0.2, -0.15) is 0 Å². The van der Waals surface area contributed by atoms with Gasteiger partial charge in [0.2, 0.25) is 0 Å². The van der Waals surface area contributed by atoms with E-state index in [-0.39, 0.29) is 16.9 Å². The second kappa shape index (κ2) is 5.21. The number of rotatable bonds is 3. The van der Waals surface area contributed by atoms with Crippen LogP contribution in [0.3, 0.4) is 0 Å². The summed E-state index contributed by atoms with van der Waals surface area (Å²) >= 11 is 0. The molecule has 0 radical (unpaired) electrons. The van der Waals surface area contributed by atoms with E-state index in [9.17, 15) is 14.0 Å². The van der Waals surface area contributed by atoms with Crippen LogP contribution in [0.5, 0.6) is 0 Å². The van der Waals surface area contributed by atoms with Crippen LogP contribution in [0.2, 0.25) is 0 Å². The number of nitrogens with zero attached hydrogens (tertiary/aromatic N) is 2. The zero-order valence-corrected chi connectivity index (χ0v) is 9.50. The van der Waals surface area contributed by atoms with E-state index < -0.39 is 17.7 Å². The average molecular weight is 261 g/mol. The van der Waals surface area contributed by atoms with Crippen molar-refractivity contribution in [2.45, 2.75) is 0 Å². The van der Waals surface area contributed by atoms with Crippen molar-refractivity contribution < 1.29 is 19.1 Å². The summed E-state index contributed by atoms with van der Waals surface area (Å²) in [5, 5.41) is 11.0. The van der Waals surface area contributed by atoms with Gasteiger partial charge in [-0.1, -0.05) is 0 Å². The highest BCUT2D eigenvalue weighted by atomic mass is 19.1. The highest BCUT2D eigenvalue weighted by Crippen LogP contribution is 2.12. The molecule has 0 saturated heterocycles. The van der Waals surface area contributed by atoms with E-state index in [0.717, 1.165) is 12.4 Å². The number of nitrogens with one attached hydrogen (secondary N) is 1. The molecule has 0 aliphatic rings. The minimum absolute atomic E-state index is 0.0117. The third-order valence-corrected chi connectivity index (χ3v) is 2.27. The first-order valence-corrected chi connectivity index (χ1v) is 5.18. The van der Waals surface area contributed by atoms with Crippen LogP contribution in [0.25, 0.3) is 0 Å². The molecule has 2 heterocycles. The number of aromatic carboxylic acids is 1. The van der Waals surface area contributed by atoms with Gasteiger partial charge in [0, 0.05) is 12.4 Å². The molecule has 0 atom stereocenters. The quantitative estimate of drug-likeness (QED) is 0.874. The third-order valence-electron chi connectivity index (χ3n) is 2.27. The number of amides is 1. The molecule has 6 nitrogen and oxygen atoms in total. The molecule has 2 N–H and O–H groups in total. The van der Waals surface area contributed by atoms with Crippen molar-refractivity contribution in [2.24, 2.45) is 0 Å². The predicted molar refractivity (Wildman–Crippen MR) is 63.3 cm³/mol. The first-order chi connectivity index (χ1) is 9.08. The fourth-order valence-electron chi connectivity index (χ4n) is 1.33. The minimum atomic E-state index is -1.19. The Bertz CT molecular complexity index is 628. The normalized spacial score (nSPS) is 9.95. The molecular weight excluding hydrogens is 253 g/mol. The van der Waals surface area contributed by atoms with E-state index in [1.807, 2.05) is 0 Å². The van der Waals surface area contributed by atoms with E-state index in [4.69, 9.17) is 5.11 Å². The molecule has 0 unspecified atom stereocenters. The topological polar surface area (TPSA) is 92.2 Å². The minimum Gasteiger partial charge on any atom is -0.477 e. The van der Waals surface area contributed by atoms with Gasteiger partial charge in [0.1, 0.15) is 5.69 Å².